The Bertz CT molecular complexity index is 1180. The number of amides is 1. The van der Waals surface area contributed by atoms with E-state index < -0.39 is 0 Å². The lowest BCUT2D eigenvalue weighted by Crippen LogP contribution is -2.46. The minimum atomic E-state index is 0.0532. The number of carbonyl (C=O) groups excluding carboxylic acids is 1. The van der Waals surface area contributed by atoms with E-state index in [1.54, 1.807) is 23.7 Å². The summed E-state index contributed by atoms with van der Waals surface area (Å²) in [6, 6.07) is 14.3. The highest BCUT2D eigenvalue weighted by Crippen LogP contribution is 2.30. The van der Waals surface area contributed by atoms with Gasteiger partial charge in [0.1, 0.15) is 0 Å². The Balaban J connectivity index is 1.39. The van der Waals surface area contributed by atoms with Crippen molar-refractivity contribution in [2.75, 3.05) is 6.54 Å². The second-order valence-electron chi connectivity index (χ2n) is 8.37. The lowest BCUT2D eigenvalue weighted by Gasteiger charge is -2.38. The Kier molecular flexibility index (Phi) is 5.28. The van der Waals surface area contributed by atoms with Crippen molar-refractivity contribution in [3.05, 3.63) is 71.0 Å². The highest BCUT2D eigenvalue weighted by Gasteiger charge is 2.31. The molecule has 1 fully saturated rings. The molecule has 0 bridgehead atoms. The minimum Gasteiger partial charge on any atom is -0.336 e. The van der Waals surface area contributed by atoms with Crippen LogP contribution in [-0.2, 0) is 6.42 Å². The van der Waals surface area contributed by atoms with Crippen LogP contribution in [0.2, 0.25) is 0 Å². The van der Waals surface area contributed by atoms with Gasteiger partial charge < -0.3 is 4.90 Å². The number of benzene rings is 2. The number of rotatable bonds is 4. The van der Waals surface area contributed by atoms with Crippen LogP contribution < -0.4 is 0 Å². The van der Waals surface area contributed by atoms with Crippen molar-refractivity contribution < 1.29 is 4.79 Å². The number of hydrogen-bond donors (Lipinski definition) is 0. The summed E-state index contributed by atoms with van der Waals surface area (Å²) >= 11 is 1.77. The fraction of sp³-hybridized carbons (Fsp3) is 0.333. The van der Waals surface area contributed by atoms with Gasteiger partial charge in [-0.3, -0.25) is 4.79 Å². The first kappa shape index (κ1) is 19.9. The first-order valence-corrected chi connectivity index (χ1v) is 11.5. The SMILES string of the molecule is Cc1ccc(-n2nccn2)c(C(=O)N2C[C@@H](Cc3nc4ccccc4s3)CC[C@H]2C)c1. The fourth-order valence-electron chi connectivity index (χ4n) is 4.38. The molecule has 4 aromatic rings. The maximum absolute atomic E-state index is 13.7. The van der Waals surface area contributed by atoms with Gasteiger partial charge in [-0.25, -0.2) is 4.98 Å². The van der Waals surface area contributed by atoms with Gasteiger partial charge in [-0.05, 0) is 56.9 Å². The Morgan fingerprint density at radius 2 is 1.94 bits per heavy atom. The Labute approximate surface area is 185 Å². The Hall–Kier alpha value is -3.06. The summed E-state index contributed by atoms with van der Waals surface area (Å²) in [5, 5.41) is 9.64. The van der Waals surface area contributed by atoms with Gasteiger partial charge in [0.05, 0.1) is 38.9 Å². The number of hydrogen-bond acceptors (Lipinski definition) is 5. The van der Waals surface area contributed by atoms with Crippen molar-refractivity contribution >= 4 is 27.5 Å². The van der Waals surface area contributed by atoms with E-state index in [1.807, 2.05) is 36.1 Å². The van der Waals surface area contributed by atoms with E-state index in [2.05, 4.69) is 35.3 Å². The average Bonchev–Trinajstić information content (AvgIpc) is 3.44. The number of carbonyl (C=O) groups is 1. The third-order valence-corrected chi connectivity index (χ3v) is 7.12. The molecule has 5 rings (SSSR count). The van der Waals surface area contributed by atoms with Crippen molar-refractivity contribution in [2.24, 2.45) is 5.92 Å². The first-order chi connectivity index (χ1) is 15.1. The lowest BCUT2D eigenvalue weighted by molar-refractivity contribution is 0.0559. The first-order valence-electron chi connectivity index (χ1n) is 10.7. The van der Waals surface area contributed by atoms with E-state index in [4.69, 9.17) is 4.98 Å². The van der Waals surface area contributed by atoms with Gasteiger partial charge >= 0.3 is 0 Å². The number of para-hydroxylation sites is 1. The van der Waals surface area contributed by atoms with E-state index >= 15 is 0 Å². The molecule has 0 aliphatic carbocycles. The highest BCUT2D eigenvalue weighted by atomic mass is 32.1. The lowest BCUT2D eigenvalue weighted by atomic mass is 9.90. The van der Waals surface area contributed by atoms with E-state index in [9.17, 15) is 4.79 Å². The molecular formula is C24H25N5OS. The number of fused-ring (bicyclic) bond motifs is 1. The maximum Gasteiger partial charge on any atom is 0.256 e. The van der Waals surface area contributed by atoms with Crippen molar-refractivity contribution in [2.45, 2.75) is 39.2 Å². The van der Waals surface area contributed by atoms with Crippen molar-refractivity contribution in [3.63, 3.8) is 0 Å². The summed E-state index contributed by atoms with van der Waals surface area (Å²) in [5.41, 5.74) is 3.50. The van der Waals surface area contributed by atoms with Crippen LogP contribution in [0.3, 0.4) is 0 Å². The molecule has 6 nitrogen and oxygen atoms in total. The predicted molar refractivity (Wildman–Crippen MR) is 123 cm³/mol. The van der Waals surface area contributed by atoms with Gasteiger partial charge in [0.2, 0.25) is 0 Å². The van der Waals surface area contributed by atoms with Gasteiger partial charge in [0.15, 0.2) is 0 Å². The van der Waals surface area contributed by atoms with Crippen LogP contribution in [0.15, 0.2) is 54.9 Å². The molecule has 7 heteroatoms. The van der Waals surface area contributed by atoms with E-state index in [0.717, 1.165) is 47.6 Å². The van der Waals surface area contributed by atoms with Gasteiger partial charge in [-0.15, -0.1) is 11.3 Å². The Morgan fingerprint density at radius 1 is 1.13 bits per heavy atom. The van der Waals surface area contributed by atoms with Crippen molar-refractivity contribution in [3.8, 4) is 5.69 Å². The molecule has 0 spiro atoms. The van der Waals surface area contributed by atoms with Gasteiger partial charge in [-0.2, -0.15) is 15.0 Å². The number of piperidine rings is 1. The monoisotopic (exact) mass is 431 g/mol. The zero-order chi connectivity index (χ0) is 21.4. The van der Waals surface area contributed by atoms with Crippen molar-refractivity contribution in [1.29, 1.82) is 0 Å². The van der Waals surface area contributed by atoms with Gasteiger partial charge in [0.25, 0.3) is 5.91 Å². The number of thiazole rings is 1. The summed E-state index contributed by atoms with van der Waals surface area (Å²) in [7, 11) is 0. The van der Waals surface area contributed by atoms with E-state index in [0.29, 0.717) is 11.5 Å². The second-order valence-corrected chi connectivity index (χ2v) is 9.48. The molecule has 0 unspecified atom stereocenters. The smallest absolute Gasteiger partial charge is 0.256 e. The zero-order valence-electron chi connectivity index (χ0n) is 17.7. The third-order valence-electron chi connectivity index (χ3n) is 6.06. The molecule has 1 saturated heterocycles. The van der Waals surface area contributed by atoms with Gasteiger partial charge in [-0.1, -0.05) is 23.8 Å². The second kappa shape index (κ2) is 8.23. The van der Waals surface area contributed by atoms with Gasteiger partial charge in [0, 0.05) is 19.0 Å². The molecule has 0 N–H and O–H groups in total. The number of aryl methyl sites for hydroxylation is 1. The molecule has 1 aliphatic heterocycles. The third kappa shape index (κ3) is 3.97. The van der Waals surface area contributed by atoms with Crippen LogP contribution >= 0.6 is 11.3 Å². The van der Waals surface area contributed by atoms with E-state index in [1.165, 1.54) is 9.50 Å². The van der Waals surface area contributed by atoms with Crippen LogP contribution in [0.4, 0.5) is 0 Å². The summed E-state index contributed by atoms with van der Waals surface area (Å²) in [5.74, 6) is 0.467. The fourth-order valence-corrected chi connectivity index (χ4v) is 5.46. The molecule has 1 aliphatic rings. The quantitative estimate of drug-likeness (QED) is 0.471. The molecule has 1 amide bonds. The van der Waals surface area contributed by atoms with Crippen molar-refractivity contribution in [1.82, 2.24) is 24.9 Å². The van der Waals surface area contributed by atoms with E-state index in [-0.39, 0.29) is 11.9 Å². The molecule has 31 heavy (non-hydrogen) atoms. The normalized spacial score (nSPS) is 19.1. The zero-order valence-corrected chi connectivity index (χ0v) is 18.5. The topological polar surface area (TPSA) is 63.9 Å². The largest absolute Gasteiger partial charge is 0.336 e. The molecule has 158 valence electrons. The summed E-state index contributed by atoms with van der Waals surface area (Å²) in [4.78, 5) is 22.0. The molecule has 2 aromatic heterocycles. The number of likely N-dealkylation sites (tertiary alicyclic amines) is 1. The van der Waals surface area contributed by atoms with Crippen LogP contribution in [0.1, 0.15) is 40.7 Å². The summed E-state index contributed by atoms with van der Waals surface area (Å²) < 4.78 is 1.23. The average molecular weight is 432 g/mol. The number of nitrogens with zero attached hydrogens (tertiary/aromatic N) is 5. The number of aromatic nitrogens is 4. The minimum absolute atomic E-state index is 0.0532. The predicted octanol–water partition coefficient (Wildman–Crippen LogP) is 4.67. The molecule has 3 heterocycles. The summed E-state index contributed by atoms with van der Waals surface area (Å²) in [6.45, 7) is 4.90. The Morgan fingerprint density at radius 3 is 2.74 bits per heavy atom. The highest BCUT2D eigenvalue weighted by molar-refractivity contribution is 7.18. The molecular weight excluding hydrogens is 406 g/mol. The molecule has 2 aromatic carbocycles. The molecule has 0 radical (unpaired) electrons. The van der Waals surface area contributed by atoms with Crippen LogP contribution in [0.5, 0.6) is 0 Å². The standard InChI is InChI=1S/C24H25N5OS/c1-16-7-10-21(29-25-11-12-26-29)19(13-16)24(30)28-15-18(9-8-17(28)2)14-23-27-20-5-3-4-6-22(20)31-23/h3-7,10-13,17-18H,8-9,14-15H2,1-2H3/t17-,18-/m1/s1. The van der Waals surface area contributed by atoms with Crippen LogP contribution in [-0.4, -0.2) is 43.4 Å². The van der Waals surface area contributed by atoms with Crippen LogP contribution in [0, 0.1) is 12.8 Å². The van der Waals surface area contributed by atoms with Crippen LogP contribution in [0.25, 0.3) is 15.9 Å². The molecule has 0 saturated carbocycles. The maximum atomic E-state index is 13.7. The molecule has 2 atom stereocenters. The summed E-state index contributed by atoms with van der Waals surface area (Å²) in [6.07, 6.45) is 6.29.